The van der Waals surface area contributed by atoms with Gasteiger partial charge in [0.05, 0.1) is 27.7 Å². The normalized spacial score (nSPS) is 15.1. The van der Waals surface area contributed by atoms with E-state index in [2.05, 4.69) is 15.7 Å². The van der Waals surface area contributed by atoms with E-state index in [0.717, 1.165) is 11.8 Å². The molecule has 5 rings (SSSR count). The third-order valence-corrected chi connectivity index (χ3v) is 7.15. The van der Waals surface area contributed by atoms with Gasteiger partial charge >= 0.3 is 0 Å². The smallest absolute Gasteiger partial charge is 0.275 e. The van der Waals surface area contributed by atoms with Crippen molar-refractivity contribution in [2.45, 2.75) is 19.3 Å². The molecule has 0 aliphatic carbocycles. The first-order chi connectivity index (χ1) is 20.1. The van der Waals surface area contributed by atoms with Crippen LogP contribution >= 0.6 is 11.6 Å². The number of allylic oxidation sites excluding steroid dienone is 1. The Morgan fingerprint density at radius 1 is 1.02 bits per heavy atom. The second-order valence-corrected chi connectivity index (χ2v) is 10.1. The number of halogens is 3. The molecule has 1 aliphatic heterocycles. The lowest BCUT2D eigenvalue weighted by Crippen LogP contribution is -2.33. The molecule has 1 aromatic heterocycles. The Bertz CT molecular complexity index is 1730. The maximum absolute atomic E-state index is 15.6. The summed E-state index contributed by atoms with van der Waals surface area (Å²) in [7, 11) is 1.47. The van der Waals surface area contributed by atoms with Crippen molar-refractivity contribution in [3.8, 4) is 5.69 Å². The van der Waals surface area contributed by atoms with Gasteiger partial charge in [-0.3, -0.25) is 14.4 Å². The predicted molar refractivity (Wildman–Crippen MR) is 157 cm³/mol. The summed E-state index contributed by atoms with van der Waals surface area (Å²) in [6, 6.07) is 19.0. The third-order valence-electron chi connectivity index (χ3n) is 6.84. The zero-order valence-corrected chi connectivity index (χ0v) is 23.5. The molecule has 2 N–H and O–H groups in total. The minimum absolute atomic E-state index is 0.0439. The molecule has 214 valence electrons. The zero-order valence-electron chi connectivity index (χ0n) is 22.7. The van der Waals surface area contributed by atoms with E-state index in [0.29, 0.717) is 11.3 Å². The number of alkyl halides is 2. The van der Waals surface area contributed by atoms with Crippen LogP contribution in [0.5, 0.6) is 0 Å². The van der Waals surface area contributed by atoms with Gasteiger partial charge in [0.2, 0.25) is 5.91 Å². The van der Waals surface area contributed by atoms with E-state index >= 15 is 8.78 Å². The lowest BCUT2D eigenvalue weighted by atomic mass is 9.97. The molecule has 0 atom stereocenters. The molecule has 0 unspecified atom stereocenters. The largest absolute Gasteiger partial charge is 0.355 e. The van der Waals surface area contributed by atoms with Gasteiger partial charge < -0.3 is 15.5 Å². The Morgan fingerprint density at radius 3 is 2.52 bits per heavy atom. The van der Waals surface area contributed by atoms with Crippen LogP contribution in [0.25, 0.3) is 11.3 Å². The number of aryl methyl sites for hydroxylation is 1. The summed E-state index contributed by atoms with van der Waals surface area (Å²) >= 11 is 6.51. The van der Waals surface area contributed by atoms with Crippen LogP contribution in [0, 0.1) is 6.92 Å². The Hall–Kier alpha value is -4.83. The quantitative estimate of drug-likeness (QED) is 0.283. The molecule has 0 radical (unpaired) electrons. The number of rotatable bonds is 5. The molecule has 4 aromatic rings. The SMILES string of the molecule is CNC(=O)c1cccc(NC(=O)/C=C2/c3ccccc3N(C(=O)c3ccc(-n4ccc(C)n4)cc3Cl)CCC2(F)F)c1. The molecule has 0 spiro atoms. The summed E-state index contributed by atoms with van der Waals surface area (Å²) in [5.74, 6) is -5.15. The molecule has 42 heavy (non-hydrogen) atoms. The zero-order chi connectivity index (χ0) is 30.0. The van der Waals surface area contributed by atoms with E-state index in [1.54, 1.807) is 65.5 Å². The van der Waals surface area contributed by atoms with Gasteiger partial charge in [-0.25, -0.2) is 13.5 Å². The second-order valence-electron chi connectivity index (χ2n) is 9.70. The number of nitrogens with zero attached hydrogens (tertiary/aromatic N) is 3. The van der Waals surface area contributed by atoms with E-state index in [1.807, 2.05) is 13.0 Å². The number of nitrogens with one attached hydrogen (secondary N) is 2. The summed E-state index contributed by atoms with van der Waals surface area (Å²) in [6.45, 7) is 1.53. The number of hydrogen-bond acceptors (Lipinski definition) is 4. The van der Waals surface area contributed by atoms with Gasteiger partial charge in [0.15, 0.2) is 0 Å². The summed E-state index contributed by atoms with van der Waals surface area (Å²) in [5.41, 5.74) is 1.91. The van der Waals surface area contributed by atoms with Crippen LogP contribution in [0.15, 0.2) is 85.1 Å². The van der Waals surface area contributed by atoms with E-state index < -0.39 is 29.7 Å². The fourth-order valence-corrected chi connectivity index (χ4v) is 5.01. The number of para-hydroxylation sites is 1. The molecular formula is C31H26ClF2N5O3. The fourth-order valence-electron chi connectivity index (χ4n) is 4.75. The molecule has 0 bridgehead atoms. The Kier molecular flexibility index (Phi) is 7.91. The van der Waals surface area contributed by atoms with Crippen LogP contribution in [-0.4, -0.2) is 47.0 Å². The molecule has 11 heteroatoms. The molecule has 0 saturated carbocycles. The van der Waals surface area contributed by atoms with Gasteiger partial charge in [-0.1, -0.05) is 35.9 Å². The van der Waals surface area contributed by atoms with Crippen molar-refractivity contribution in [2.75, 3.05) is 23.8 Å². The predicted octanol–water partition coefficient (Wildman–Crippen LogP) is 5.90. The number of amides is 3. The molecule has 0 saturated heterocycles. The van der Waals surface area contributed by atoms with Crippen molar-refractivity contribution in [2.24, 2.45) is 0 Å². The summed E-state index contributed by atoms with van der Waals surface area (Å²) in [4.78, 5) is 39.9. The fraction of sp³-hybridized carbons (Fsp3) is 0.161. The van der Waals surface area contributed by atoms with Crippen molar-refractivity contribution < 1.29 is 23.2 Å². The number of aromatic nitrogens is 2. The van der Waals surface area contributed by atoms with Gasteiger partial charge in [0.1, 0.15) is 0 Å². The number of fused-ring (bicyclic) bond motifs is 1. The number of carbonyl (C=O) groups is 3. The molecule has 3 amide bonds. The van der Waals surface area contributed by atoms with Crippen LogP contribution in [0.1, 0.15) is 38.4 Å². The van der Waals surface area contributed by atoms with Crippen molar-refractivity contribution in [3.05, 3.63) is 112 Å². The summed E-state index contributed by atoms with van der Waals surface area (Å²) < 4.78 is 32.8. The lowest BCUT2D eigenvalue weighted by Gasteiger charge is -2.23. The van der Waals surface area contributed by atoms with E-state index in [4.69, 9.17) is 11.6 Å². The third kappa shape index (κ3) is 5.80. The van der Waals surface area contributed by atoms with Crippen LogP contribution in [0.4, 0.5) is 20.2 Å². The van der Waals surface area contributed by atoms with Crippen molar-refractivity contribution >= 4 is 46.3 Å². The molecule has 2 heterocycles. The number of hydrogen-bond donors (Lipinski definition) is 2. The second kappa shape index (κ2) is 11.6. The number of benzene rings is 3. The van der Waals surface area contributed by atoms with Gasteiger partial charge in [-0.15, -0.1) is 0 Å². The first-order valence-corrected chi connectivity index (χ1v) is 13.4. The molecule has 3 aromatic carbocycles. The van der Waals surface area contributed by atoms with Gasteiger partial charge in [0, 0.05) is 54.7 Å². The van der Waals surface area contributed by atoms with Gasteiger partial charge in [0.25, 0.3) is 17.7 Å². The Balaban J connectivity index is 1.47. The van der Waals surface area contributed by atoms with E-state index in [-0.39, 0.29) is 40.0 Å². The standard InChI is InChI=1S/C31H26ClF2N5O3/c1-19-12-14-39(37-19)22-10-11-24(26(32)17-22)30(42)38-15-13-31(33,34)25(23-8-3-4-9-27(23)38)18-28(40)36-21-7-5-6-20(16-21)29(41)35-2/h3-12,14,16-18H,13,15H2,1-2H3,(H,35,41)(H,36,40)/b25-18-. The highest BCUT2D eigenvalue weighted by molar-refractivity contribution is 6.34. The molecule has 8 nitrogen and oxygen atoms in total. The van der Waals surface area contributed by atoms with E-state index in [9.17, 15) is 14.4 Å². The summed E-state index contributed by atoms with van der Waals surface area (Å²) in [5, 5.41) is 9.53. The summed E-state index contributed by atoms with van der Waals surface area (Å²) in [6.07, 6.45) is 1.88. The van der Waals surface area contributed by atoms with Crippen molar-refractivity contribution in [1.82, 2.24) is 15.1 Å². The molecular weight excluding hydrogens is 564 g/mol. The first kappa shape index (κ1) is 28.7. The van der Waals surface area contributed by atoms with Crippen LogP contribution in [0.2, 0.25) is 5.02 Å². The van der Waals surface area contributed by atoms with Crippen LogP contribution in [-0.2, 0) is 4.79 Å². The van der Waals surface area contributed by atoms with Crippen LogP contribution < -0.4 is 15.5 Å². The molecule has 1 aliphatic rings. The number of anilines is 2. The number of carbonyl (C=O) groups excluding carboxylic acids is 3. The highest BCUT2D eigenvalue weighted by atomic mass is 35.5. The van der Waals surface area contributed by atoms with Crippen molar-refractivity contribution in [3.63, 3.8) is 0 Å². The van der Waals surface area contributed by atoms with Crippen LogP contribution in [0.3, 0.4) is 0 Å². The average molecular weight is 590 g/mol. The first-order valence-electron chi connectivity index (χ1n) is 13.0. The molecule has 0 fully saturated rings. The van der Waals surface area contributed by atoms with E-state index in [1.165, 1.54) is 24.1 Å². The minimum atomic E-state index is -3.43. The minimum Gasteiger partial charge on any atom is -0.355 e. The highest BCUT2D eigenvalue weighted by Gasteiger charge is 2.41. The van der Waals surface area contributed by atoms with Gasteiger partial charge in [-0.05, 0) is 55.5 Å². The van der Waals surface area contributed by atoms with Gasteiger partial charge in [-0.2, -0.15) is 5.10 Å². The Morgan fingerprint density at radius 2 is 1.81 bits per heavy atom. The maximum atomic E-state index is 15.6. The highest BCUT2D eigenvalue weighted by Crippen LogP contribution is 2.43. The topological polar surface area (TPSA) is 96.3 Å². The van der Waals surface area contributed by atoms with Crippen molar-refractivity contribution in [1.29, 1.82) is 0 Å². The maximum Gasteiger partial charge on any atom is 0.275 e. The monoisotopic (exact) mass is 589 g/mol. The Labute approximate surface area is 245 Å². The average Bonchev–Trinajstić information content (AvgIpc) is 3.37. The lowest BCUT2D eigenvalue weighted by molar-refractivity contribution is -0.112.